The van der Waals surface area contributed by atoms with Crippen LogP contribution in [0.5, 0.6) is 5.75 Å². The van der Waals surface area contributed by atoms with E-state index in [-0.39, 0.29) is 0 Å². The van der Waals surface area contributed by atoms with Crippen LogP contribution in [0.4, 0.5) is 5.69 Å². The van der Waals surface area contributed by atoms with Crippen molar-refractivity contribution in [1.29, 1.82) is 0 Å². The number of nitrogens with one attached hydrogen (secondary N) is 1. The van der Waals surface area contributed by atoms with E-state index in [1.54, 1.807) is 7.11 Å². The number of hydrogen-bond acceptors (Lipinski definition) is 3. The topological polar surface area (TPSA) is 47.3 Å². The molecule has 0 atom stereocenters. The predicted octanol–water partition coefficient (Wildman–Crippen LogP) is 2.58. The number of benzene rings is 1. The molecule has 16 heavy (non-hydrogen) atoms. The lowest BCUT2D eigenvalue weighted by atomic mass is 10.0. The molecular formula is C13H22N2O. The molecule has 0 heterocycles. The average Bonchev–Trinajstić information content (AvgIpc) is 2.29. The normalized spacial score (nSPS) is 10.6. The molecule has 0 saturated heterocycles. The monoisotopic (exact) mass is 222 g/mol. The quantitative estimate of drug-likeness (QED) is 0.727. The first kappa shape index (κ1) is 12.8. The fraction of sp³-hybridized carbons (Fsp3) is 0.538. The zero-order valence-electron chi connectivity index (χ0n) is 10.4. The highest BCUT2D eigenvalue weighted by atomic mass is 16.5. The Bertz CT molecular complexity index is 324. The van der Waals surface area contributed by atoms with Crippen LogP contribution in [0.25, 0.3) is 0 Å². The largest absolute Gasteiger partial charge is 0.496 e. The van der Waals surface area contributed by atoms with Crippen molar-refractivity contribution in [3.63, 3.8) is 0 Å². The Hall–Kier alpha value is -1.22. The van der Waals surface area contributed by atoms with E-state index in [1.807, 2.05) is 12.1 Å². The van der Waals surface area contributed by atoms with Crippen LogP contribution in [0.15, 0.2) is 18.2 Å². The van der Waals surface area contributed by atoms with E-state index < -0.39 is 0 Å². The number of nitrogens with two attached hydrogens (primary N) is 1. The fourth-order valence-corrected chi connectivity index (χ4v) is 1.63. The summed E-state index contributed by atoms with van der Waals surface area (Å²) in [4.78, 5) is 0. The first-order valence-electron chi connectivity index (χ1n) is 5.81. The van der Waals surface area contributed by atoms with Crippen LogP contribution < -0.4 is 15.8 Å². The molecule has 90 valence electrons. The van der Waals surface area contributed by atoms with Crippen molar-refractivity contribution in [2.75, 3.05) is 25.5 Å². The second-order valence-corrected chi connectivity index (χ2v) is 4.18. The summed E-state index contributed by atoms with van der Waals surface area (Å²) in [5.41, 5.74) is 7.83. The van der Waals surface area contributed by atoms with Gasteiger partial charge in [-0.15, -0.1) is 0 Å². The van der Waals surface area contributed by atoms with Gasteiger partial charge >= 0.3 is 0 Å². The van der Waals surface area contributed by atoms with Gasteiger partial charge in [0.05, 0.1) is 7.11 Å². The van der Waals surface area contributed by atoms with Crippen LogP contribution in [0.2, 0.25) is 0 Å². The Labute approximate surface area is 98.0 Å². The smallest absolute Gasteiger partial charge is 0.122 e. The standard InChI is InChI=1S/C13H22N2O/c1-10(2)12-9-11(15-8-4-7-14)5-6-13(12)16-3/h5-6,9-10,15H,4,7-8,14H2,1-3H3. The lowest BCUT2D eigenvalue weighted by Gasteiger charge is -2.14. The number of ether oxygens (including phenoxy) is 1. The molecule has 0 aliphatic carbocycles. The number of hydrogen-bond donors (Lipinski definition) is 2. The minimum Gasteiger partial charge on any atom is -0.496 e. The third-order valence-corrected chi connectivity index (χ3v) is 2.56. The van der Waals surface area contributed by atoms with Crippen LogP contribution in [0.1, 0.15) is 31.7 Å². The van der Waals surface area contributed by atoms with E-state index in [9.17, 15) is 0 Å². The summed E-state index contributed by atoms with van der Waals surface area (Å²) < 4.78 is 5.34. The zero-order chi connectivity index (χ0) is 12.0. The van der Waals surface area contributed by atoms with Crippen LogP contribution in [0, 0.1) is 0 Å². The first-order chi connectivity index (χ1) is 7.69. The highest BCUT2D eigenvalue weighted by Crippen LogP contribution is 2.28. The molecule has 0 aromatic heterocycles. The van der Waals surface area contributed by atoms with Crippen LogP contribution in [-0.4, -0.2) is 20.2 Å². The van der Waals surface area contributed by atoms with Gasteiger partial charge in [0.1, 0.15) is 5.75 Å². The third kappa shape index (κ3) is 3.42. The lowest BCUT2D eigenvalue weighted by molar-refractivity contribution is 0.407. The van der Waals surface area contributed by atoms with E-state index in [4.69, 9.17) is 10.5 Å². The summed E-state index contributed by atoms with van der Waals surface area (Å²) in [5, 5.41) is 3.36. The third-order valence-electron chi connectivity index (χ3n) is 2.56. The number of anilines is 1. The predicted molar refractivity (Wildman–Crippen MR) is 69.2 cm³/mol. The Morgan fingerprint density at radius 3 is 2.69 bits per heavy atom. The zero-order valence-corrected chi connectivity index (χ0v) is 10.4. The van der Waals surface area contributed by atoms with Crippen LogP contribution >= 0.6 is 0 Å². The summed E-state index contributed by atoms with van der Waals surface area (Å²) in [7, 11) is 1.71. The maximum absolute atomic E-state index is 5.46. The maximum atomic E-state index is 5.46. The highest BCUT2D eigenvalue weighted by Gasteiger charge is 2.07. The molecule has 0 aliphatic heterocycles. The van der Waals surface area contributed by atoms with E-state index in [0.717, 1.165) is 30.9 Å². The van der Waals surface area contributed by atoms with Crippen molar-refractivity contribution in [1.82, 2.24) is 0 Å². The van der Waals surface area contributed by atoms with Gasteiger partial charge in [-0.2, -0.15) is 0 Å². The molecule has 3 heteroatoms. The average molecular weight is 222 g/mol. The van der Waals surface area contributed by atoms with Gasteiger partial charge in [-0.3, -0.25) is 0 Å². The van der Waals surface area contributed by atoms with Crippen molar-refractivity contribution in [2.45, 2.75) is 26.2 Å². The van der Waals surface area contributed by atoms with E-state index in [2.05, 4.69) is 25.2 Å². The van der Waals surface area contributed by atoms with Gasteiger partial charge in [-0.25, -0.2) is 0 Å². The molecule has 0 radical (unpaired) electrons. The van der Waals surface area contributed by atoms with E-state index in [1.165, 1.54) is 5.56 Å². The van der Waals surface area contributed by atoms with Crippen molar-refractivity contribution < 1.29 is 4.74 Å². The van der Waals surface area contributed by atoms with Crippen molar-refractivity contribution >= 4 is 5.69 Å². The van der Waals surface area contributed by atoms with Gasteiger partial charge in [0.2, 0.25) is 0 Å². The number of rotatable bonds is 6. The molecule has 0 aliphatic rings. The number of methoxy groups -OCH3 is 1. The fourth-order valence-electron chi connectivity index (χ4n) is 1.63. The van der Waals surface area contributed by atoms with E-state index >= 15 is 0 Å². The Balaban J connectivity index is 2.77. The molecular weight excluding hydrogens is 200 g/mol. The van der Waals surface area contributed by atoms with Gasteiger partial charge in [0.25, 0.3) is 0 Å². The molecule has 0 fully saturated rings. The Morgan fingerprint density at radius 2 is 2.12 bits per heavy atom. The van der Waals surface area contributed by atoms with Gasteiger partial charge < -0.3 is 15.8 Å². The summed E-state index contributed by atoms with van der Waals surface area (Å²) in [6.07, 6.45) is 0.989. The molecule has 1 aromatic carbocycles. The second kappa shape index (κ2) is 6.38. The van der Waals surface area contributed by atoms with Crippen molar-refractivity contribution in [3.05, 3.63) is 23.8 Å². The van der Waals surface area contributed by atoms with Crippen molar-refractivity contribution in [3.8, 4) is 5.75 Å². The molecule has 0 spiro atoms. The van der Waals surface area contributed by atoms with Gasteiger partial charge in [-0.05, 0) is 42.6 Å². The summed E-state index contributed by atoms with van der Waals surface area (Å²) in [6.45, 7) is 5.98. The molecule has 0 saturated carbocycles. The van der Waals surface area contributed by atoms with Crippen LogP contribution in [-0.2, 0) is 0 Å². The summed E-state index contributed by atoms with van der Waals surface area (Å²) in [6, 6.07) is 6.21. The second-order valence-electron chi connectivity index (χ2n) is 4.18. The van der Waals surface area contributed by atoms with Gasteiger partial charge in [0.15, 0.2) is 0 Å². The summed E-state index contributed by atoms with van der Waals surface area (Å²) >= 11 is 0. The Morgan fingerprint density at radius 1 is 1.38 bits per heavy atom. The molecule has 0 bridgehead atoms. The van der Waals surface area contributed by atoms with E-state index in [0.29, 0.717) is 5.92 Å². The summed E-state index contributed by atoms with van der Waals surface area (Å²) in [5.74, 6) is 1.42. The highest BCUT2D eigenvalue weighted by molar-refractivity contribution is 5.52. The van der Waals surface area contributed by atoms with Gasteiger partial charge in [-0.1, -0.05) is 13.8 Å². The van der Waals surface area contributed by atoms with Crippen molar-refractivity contribution in [2.24, 2.45) is 5.73 Å². The molecule has 0 unspecified atom stereocenters. The van der Waals surface area contributed by atoms with Gasteiger partial charge in [0, 0.05) is 12.2 Å². The Kier molecular flexibility index (Phi) is 5.12. The minimum absolute atomic E-state index is 0.464. The molecule has 3 nitrogen and oxygen atoms in total. The SMILES string of the molecule is COc1ccc(NCCCN)cc1C(C)C. The maximum Gasteiger partial charge on any atom is 0.122 e. The minimum atomic E-state index is 0.464. The molecule has 1 aromatic rings. The lowest BCUT2D eigenvalue weighted by Crippen LogP contribution is -2.08. The first-order valence-corrected chi connectivity index (χ1v) is 5.81. The molecule has 3 N–H and O–H groups in total. The molecule has 0 amide bonds. The van der Waals surface area contributed by atoms with Crippen LogP contribution in [0.3, 0.4) is 0 Å². The molecule has 1 rings (SSSR count).